The van der Waals surface area contributed by atoms with Crippen molar-refractivity contribution in [1.82, 2.24) is 0 Å². The Morgan fingerprint density at radius 1 is 1.11 bits per heavy atom. The number of benzene rings is 1. The fourth-order valence-corrected chi connectivity index (χ4v) is 4.14. The molecule has 0 aliphatic carbocycles. The van der Waals surface area contributed by atoms with Gasteiger partial charge in [-0.25, -0.2) is 4.79 Å². The van der Waals surface area contributed by atoms with Crippen LogP contribution in [0.15, 0.2) is 30.3 Å². The van der Waals surface area contributed by atoms with E-state index in [0.717, 1.165) is 5.56 Å². The summed E-state index contributed by atoms with van der Waals surface area (Å²) in [6, 6.07) is 9.42. The second kappa shape index (κ2) is 6.19. The molecule has 0 fully saturated rings. The van der Waals surface area contributed by atoms with Crippen LogP contribution in [0.5, 0.6) is 0 Å². The molecule has 0 heterocycles. The van der Waals surface area contributed by atoms with Gasteiger partial charge in [0.05, 0.1) is 0 Å². The average Bonchev–Trinajstić information content (AvgIpc) is 2.35. The van der Waals surface area contributed by atoms with Crippen molar-refractivity contribution in [3.63, 3.8) is 0 Å². The molecule has 0 radical (unpaired) electrons. The standard InChI is InChI=1S/C14H21O3P/c1-11(2)18(16,12(3)4)14(15)17-10-13-8-6-5-7-9-13/h5-9,11-12H,10H2,1-4H3. The molecule has 4 heteroatoms. The second-order valence-corrected chi connectivity index (χ2v) is 8.79. The minimum Gasteiger partial charge on any atom is -0.455 e. The second-order valence-electron chi connectivity index (χ2n) is 4.94. The maximum Gasteiger partial charge on any atom is 0.364 e. The van der Waals surface area contributed by atoms with Crippen LogP contribution in [0.3, 0.4) is 0 Å². The van der Waals surface area contributed by atoms with Crippen LogP contribution in [-0.2, 0) is 15.9 Å². The van der Waals surface area contributed by atoms with Crippen LogP contribution >= 0.6 is 7.14 Å². The predicted molar refractivity (Wildman–Crippen MR) is 74.5 cm³/mol. The van der Waals surface area contributed by atoms with Gasteiger partial charge in [0.2, 0.25) is 0 Å². The molecule has 1 rings (SSSR count). The van der Waals surface area contributed by atoms with Gasteiger partial charge in [-0.05, 0) is 5.56 Å². The number of ether oxygens (including phenoxy) is 1. The molecule has 0 spiro atoms. The summed E-state index contributed by atoms with van der Waals surface area (Å²) in [5.41, 5.74) is 0.00260. The quantitative estimate of drug-likeness (QED) is 0.738. The highest BCUT2D eigenvalue weighted by Crippen LogP contribution is 2.56. The van der Waals surface area contributed by atoms with Gasteiger partial charge in [0.1, 0.15) is 6.61 Å². The van der Waals surface area contributed by atoms with E-state index in [1.54, 1.807) is 0 Å². The van der Waals surface area contributed by atoms with E-state index in [-0.39, 0.29) is 17.9 Å². The normalized spacial score (nSPS) is 11.9. The lowest BCUT2D eigenvalue weighted by molar-refractivity contribution is 0.165. The highest BCUT2D eigenvalue weighted by Gasteiger charge is 2.39. The van der Waals surface area contributed by atoms with Gasteiger partial charge in [-0.15, -0.1) is 0 Å². The Hall–Kier alpha value is -1.08. The summed E-state index contributed by atoms with van der Waals surface area (Å²) in [6.45, 7) is 7.42. The van der Waals surface area contributed by atoms with E-state index in [1.807, 2.05) is 58.0 Å². The van der Waals surface area contributed by atoms with E-state index in [0.29, 0.717) is 0 Å². The lowest BCUT2D eigenvalue weighted by atomic mass is 10.2. The molecular weight excluding hydrogens is 247 g/mol. The molecular formula is C14H21O3P. The van der Waals surface area contributed by atoms with Crippen LogP contribution in [0, 0.1) is 0 Å². The Labute approximate surface area is 109 Å². The van der Waals surface area contributed by atoms with Crippen molar-refractivity contribution in [2.24, 2.45) is 0 Å². The summed E-state index contributed by atoms with van der Waals surface area (Å²) >= 11 is 0. The Morgan fingerprint density at radius 3 is 2.06 bits per heavy atom. The van der Waals surface area contributed by atoms with Gasteiger partial charge in [0.25, 0.3) is 0 Å². The van der Waals surface area contributed by atoms with Crippen molar-refractivity contribution >= 4 is 12.9 Å². The molecule has 1 aromatic rings. The van der Waals surface area contributed by atoms with Gasteiger partial charge in [-0.3, -0.25) is 0 Å². The molecule has 0 N–H and O–H groups in total. The van der Waals surface area contributed by atoms with Crippen molar-refractivity contribution in [2.75, 3.05) is 0 Å². The number of rotatable bonds is 5. The molecule has 0 saturated carbocycles. The average molecular weight is 268 g/mol. The van der Waals surface area contributed by atoms with E-state index < -0.39 is 12.9 Å². The lowest BCUT2D eigenvalue weighted by Crippen LogP contribution is -2.17. The number of hydrogen-bond acceptors (Lipinski definition) is 3. The maximum atomic E-state index is 12.7. The van der Waals surface area contributed by atoms with Crippen LogP contribution in [0.2, 0.25) is 0 Å². The van der Waals surface area contributed by atoms with Gasteiger partial charge in [-0.1, -0.05) is 58.0 Å². The first-order valence-corrected chi connectivity index (χ1v) is 8.04. The third-order valence-corrected chi connectivity index (χ3v) is 6.79. The fraction of sp³-hybridized carbons (Fsp3) is 0.500. The van der Waals surface area contributed by atoms with Gasteiger partial charge in [-0.2, -0.15) is 0 Å². The van der Waals surface area contributed by atoms with Crippen LogP contribution in [-0.4, -0.2) is 17.0 Å². The summed E-state index contributed by atoms with van der Waals surface area (Å²) in [4.78, 5) is 12.0. The van der Waals surface area contributed by atoms with E-state index in [9.17, 15) is 9.36 Å². The summed E-state index contributed by atoms with van der Waals surface area (Å²) in [7, 11) is -2.95. The van der Waals surface area contributed by atoms with E-state index in [4.69, 9.17) is 4.74 Å². The van der Waals surface area contributed by atoms with E-state index in [1.165, 1.54) is 0 Å². The van der Waals surface area contributed by atoms with Crippen LogP contribution in [0.4, 0.5) is 4.79 Å². The van der Waals surface area contributed by atoms with Gasteiger partial charge >= 0.3 is 5.71 Å². The molecule has 0 unspecified atom stereocenters. The SMILES string of the molecule is CC(C)P(=O)(C(=O)OCc1ccccc1)C(C)C. The van der Waals surface area contributed by atoms with Crippen molar-refractivity contribution in [3.8, 4) is 0 Å². The molecule has 0 aromatic heterocycles. The summed E-state index contributed by atoms with van der Waals surface area (Å²) < 4.78 is 17.9. The zero-order valence-corrected chi connectivity index (χ0v) is 12.3. The molecule has 0 aliphatic heterocycles. The Bertz CT molecular complexity index is 426. The molecule has 0 aliphatic rings. The van der Waals surface area contributed by atoms with Crippen LogP contribution in [0.25, 0.3) is 0 Å². The topological polar surface area (TPSA) is 43.4 Å². The smallest absolute Gasteiger partial charge is 0.364 e. The van der Waals surface area contributed by atoms with Crippen molar-refractivity contribution in [1.29, 1.82) is 0 Å². The first-order chi connectivity index (χ1) is 8.39. The largest absolute Gasteiger partial charge is 0.455 e. The Balaban J connectivity index is 2.73. The molecule has 0 bridgehead atoms. The molecule has 3 nitrogen and oxygen atoms in total. The monoisotopic (exact) mass is 268 g/mol. The van der Waals surface area contributed by atoms with Gasteiger partial charge in [0.15, 0.2) is 7.14 Å². The highest BCUT2D eigenvalue weighted by atomic mass is 31.2. The van der Waals surface area contributed by atoms with Crippen molar-refractivity contribution < 1.29 is 14.1 Å². The zero-order valence-electron chi connectivity index (χ0n) is 11.4. The molecule has 0 amide bonds. The summed E-state index contributed by atoms with van der Waals surface area (Å²) in [5, 5.41) is 0. The fourth-order valence-electron chi connectivity index (χ4n) is 1.84. The molecule has 1 aromatic carbocycles. The van der Waals surface area contributed by atoms with Crippen molar-refractivity contribution in [2.45, 2.75) is 45.6 Å². The summed E-state index contributed by atoms with van der Waals surface area (Å²) in [6.07, 6.45) is 0. The number of carbonyl (C=O) groups excluding carboxylic acids is 1. The van der Waals surface area contributed by atoms with Crippen molar-refractivity contribution in [3.05, 3.63) is 35.9 Å². The van der Waals surface area contributed by atoms with Crippen LogP contribution < -0.4 is 0 Å². The Kier molecular flexibility index (Phi) is 5.15. The molecule has 100 valence electrons. The minimum absolute atomic E-state index is 0.180. The highest BCUT2D eigenvalue weighted by molar-refractivity contribution is 7.81. The third-order valence-electron chi connectivity index (χ3n) is 3.02. The zero-order chi connectivity index (χ0) is 13.8. The third kappa shape index (κ3) is 3.23. The van der Waals surface area contributed by atoms with Crippen LogP contribution in [0.1, 0.15) is 33.3 Å². The number of carbonyl (C=O) groups is 1. The molecule has 18 heavy (non-hydrogen) atoms. The predicted octanol–water partition coefficient (Wildman–Crippen LogP) is 4.50. The lowest BCUT2D eigenvalue weighted by Gasteiger charge is -2.23. The molecule has 0 saturated heterocycles. The molecule has 0 atom stereocenters. The first-order valence-electron chi connectivity index (χ1n) is 6.19. The summed E-state index contributed by atoms with van der Waals surface area (Å²) in [5.74, 6) is 0. The van der Waals surface area contributed by atoms with E-state index in [2.05, 4.69) is 0 Å². The maximum absolute atomic E-state index is 12.7. The minimum atomic E-state index is -2.95. The van der Waals surface area contributed by atoms with E-state index >= 15 is 0 Å². The Morgan fingerprint density at radius 2 is 1.61 bits per heavy atom. The number of hydrogen-bond donors (Lipinski definition) is 0. The van der Waals surface area contributed by atoms with Gasteiger partial charge in [0, 0.05) is 11.3 Å². The van der Waals surface area contributed by atoms with Gasteiger partial charge < -0.3 is 9.30 Å². The first kappa shape index (κ1) is 15.0.